The Morgan fingerprint density at radius 2 is 1.87 bits per heavy atom. The maximum Gasteiger partial charge on any atom is 0.273 e. The van der Waals surface area contributed by atoms with Crippen LogP contribution in [0.2, 0.25) is 0 Å². The van der Waals surface area contributed by atoms with Crippen LogP contribution < -0.4 is 10.6 Å². The van der Waals surface area contributed by atoms with E-state index in [0.717, 1.165) is 23.2 Å². The van der Waals surface area contributed by atoms with Gasteiger partial charge in [-0.3, -0.25) is 19.0 Å². The molecule has 4 aromatic rings. The Morgan fingerprint density at radius 1 is 1.10 bits per heavy atom. The topological polar surface area (TPSA) is 107 Å². The molecule has 0 atom stereocenters. The van der Waals surface area contributed by atoms with Crippen LogP contribution in [0, 0.1) is 6.92 Å². The number of carbonyl (C=O) groups is 2. The van der Waals surface area contributed by atoms with Gasteiger partial charge in [-0.05, 0) is 26.0 Å². The van der Waals surface area contributed by atoms with Crippen molar-refractivity contribution < 1.29 is 9.59 Å². The van der Waals surface area contributed by atoms with Gasteiger partial charge < -0.3 is 10.6 Å². The van der Waals surface area contributed by atoms with Crippen LogP contribution in [0.1, 0.15) is 33.5 Å². The lowest BCUT2D eigenvalue weighted by Crippen LogP contribution is -2.21. The van der Waals surface area contributed by atoms with Crippen molar-refractivity contribution in [2.75, 3.05) is 12.4 Å². The predicted molar refractivity (Wildman–Crippen MR) is 118 cm³/mol. The van der Waals surface area contributed by atoms with Crippen molar-refractivity contribution >= 4 is 28.4 Å². The van der Waals surface area contributed by atoms with Gasteiger partial charge in [0.15, 0.2) is 5.69 Å². The minimum atomic E-state index is -0.376. The maximum atomic E-state index is 13.3. The molecule has 0 saturated carbocycles. The van der Waals surface area contributed by atoms with Crippen molar-refractivity contribution in [2.24, 2.45) is 7.05 Å². The summed E-state index contributed by atoms with van der Waals surface area (Å²) in [6, 6.07) is 9.23. The highest BCUT2D eigenvalue weighted by Gasteiger charge is 2.20. The van der Waals surface area contributed by atoms with E-state index in [2.05, 4.69) is 20.8 Å². The number of benzene rings is 1. The van der Waals surface area contributed by atoms with E-state index in [1.54, 1.807) is 19.3 Å². The zero-order chi connectivity index (χ0) is 22.1. The van der Waals surface area contributed by atoms with Crippen molar-refractivity contribution in [1.29, 1.82) is 0 Å². The summed E-state index contributed by atoms with van der Waals surface area (Å²) in [7, 11) is 3.21. The monoisotopic (exact) mass is 417 g/mol. The largest absolute Gasteiger partial charge is 0.354 e. The number of amides is 2. The lowest BCUT2D eigenvalue weighted by atomic mass is 10.0. The molecular weight excluding hydrogens is 394 g/mol. The Balaban J connectivity index is 1.81. The summed E-state index contributed by atoms with van der Waals surface area (Å²) in [5.41, 5.74) is 4.02. The summed E-state index contributed by atoms with van der Waals surface area (Å²) in [5, 5.41) is 14.7. The molecule has 9 nitrogen and oxygen atoms in total. The molecule has 9 heteroatoms. The molecule has 31 heavy (non-hydrogen) atoms. The Bertz CT molecular complexity index is 1300. The van der Waals surface area contributed by atoms with Crippen LogP contribution in [0.5, 0.6) is 0 Å². The number of nitrogens with one attached hydrogen (secondary N) is 2. The Labute approximate surface area is 179 Å². The van der Waals surface area contributed by atoms with Crippen molar-refractivity contribution in [3.63, 3.8) is 0 Å². The van der Waals surface area contributed by atoms with Crippen molar-refractivity contribution in [1.82, 2.24) is 29.9 Å². The molecule has 0 fully saturated rings. The van der Waals surface area contributed by atoms with Crippen LogP contribution in [0.4, 0.5) is 5.69 Å². The number of aryl methyl sites for hydroxylation is 3. The zero-order valence-electron chi connectivity index (χ0n) is 17.8. The summed E-state index contributed by atoms with van der Waals surface area (Å²) < 4.78 is 3.32. The standard InChI is InChI=1S/C22H23N7O2/c1-5-29-11-16(13(2)26-29)18-10-15(14-8-6-7-9-17(14)24-18)21(30)25-19-12-28(4)27-20(19)22(31)23-3/h6-12H,5H2,1-4H3,(H,23,31)(H,25,30). The number of carbonyl (C=O) groups excluding carboxylic acids is 2. The van der Waals surface area contributed by atoms with Gasteiger partial charge >= 0.3 is 0 Å². The highest BCUT2D eigenvalue weighted by Crippen LogP contribution is 2.27. The highest BCUT2D eigenvalue weighted by atomic mass is 16.2. The van der Waals surface area contributed by atoms with E-state index in [-0.39, 0.29) is 17.5 Å². The predicted octanol–water partition coefficient (Wildman–Crippen LogP) is 2.77. The van der Waals surface area contributed by atoms with Crippen LogP contribution in [0.15, 0.2) is 42.7 Å². The van der Waals surface area contributed by atoms with Crippen molar-refractivity contribution in [2.45, 2.75) is 20.4 Å². The summed E-state index contributed by atoms with van der Waals surface area (Å²) in [6.07, 6.45) is 3.53. The highest BCUT2D eigenvalue weighted by molar-refractivity contribution is 6.14. The molecule has 1 aromatic carbocycles. The molecule has 0 unspecified atom stereocenters. The SMILES string of the molecule is CCn1cc(-c2cc(C(=O)Nc3cn(C)nc3C(=O)NC)c3ccccc3n2)c(C)n1. The summed E-state index contributed by atoms with van der Waals surface area (Å²) in [5.74, 6) is -0.725. The second kappa shape index (κ2) is 8.02. The van der Waals surface area contributed by atoms with Gasteiger partial charge in [0, 0.05) is 44.0 Å². The van der Waals surface area contributed by atoms with Gasteiger partial charge in [-0.15, -0.1) is 0 Å². The number of anilines is 1. The summed E-state index contributed by atoms with van der Waals surface area (Å²) in [6.45, 7) is 4.68. The first-order valence-electron chi connectivity index (χ1n) is 9.92. The number of pyridine rings is 1. The molecule has 0 aliphatic rings. The molecule has 4 rings (SSSR count). The summed E-state index contributed by atoms with van der Waals surface area (Å²) >= 11 is 0. The molecule has 2 amide bonds. The molecule has 0 saturated heterocycles. The quantitative estimate of drug-likeness (QED) is 0.519. The molecule has 0 spiro atoms. The fourth-order valence-corrected chi connectivity index (χ4v) is 3.49. The van der Waals surface area contributed by atoms with Gasteiger partial charge in [0.1, 0.15) is 0 Å². The number of nitrogens with zero attached hydrogens (tertiary/aromatic N) is 5. The lowest BCUT2D eigenvalue weighted by Gasteiger charge is -2.10. The number of fused-ring (bicyclic) bond motifs is 1. The third-order valence-electron chi connectivity index (χ3n) is 5.03. The molecule has 0 bridgehead atoms. The van der Waals surface area contributed by atoms with Gasteiger partial charge in [-0.2, -0.15) is 10.2 Å². The van der Waals surface area contributed by atoms with Gasteiger partial charge in [-0.1, -0.05) is 18.2 Å². The first-order valence-corrected chi connectivity index (χ1v) is 9.92. The molecule has 2 N–H and O–H groups in total. The normalized spacial score (nSPS) is 11.0. The van der Waals surface area contributed by atoms with E-state index in [4.69, 9.17) is 4.98 Å². The Morgan fingerprint density at radius 3 is 2.58 bits per heavy atom. The lowest BCUT2D eigenvalue weighted by molar-refractivity contribution is 0.0958. The van der Waals surface area contributed by atoms with E-state index in [9.17, 15) is 9.59 Å². The second-order valence-corrected chi connectivity index (χ2v) is 7.15. The minimum Gasteiger partial charge on any atom is -0.354 e. The number of rotatable bonds is 5. The van der Waals surface area contributed by atoms with Crippen molar-refractivity contribution in [3.05, 3.63) is 59.7 Å². The Kier molecular flexibility index (Phi) is 5.24. The van der Waals surface area contributed by atoms with Crippen LogP contribution in [-0.2, 0) is 13.6 Å². The minimum absolute atomic E-state index is 0.150. The first kappa shape index (κ1) is 20.3. The molecule has 158 valence electrons. The molecular formula is C22H23N7O2. The molecule has 3 aromatic heterocycles. The van der Waals surface area contributed by atoms with E-state index in [1.165, 1.54) is 11.7 Å². The van der Waals surface area contributed by atoms with Gasteiger partial charge in [0.25, 0.3) is 11.8 Å². The van der Waals surface area contributed by atoms with E-state index in [1.807, 2.05) is 49.0 Å². The van der Waals surface area contributed by atoms with E-state index < -0.39 is 0 Å². The maximum absolute atomic E-state index is 13.3. The Hall–Kier alpha value is -4.01. The average Bonchev–Trinajstić information content (AvgIpc) is 3.34. The number of para-hydroxylation sites is 1. The average molecular weight is 417 g/mol. The first-order chi connectivity index (χ1) is 14.9. The molecule has 0 aliphatic heterocycles. The van der Waals surface area contributed by atoms with E-state index in [0.29, 0.717) is 22.5 Å². The number of hydrogen-bond acceptors (Lipinski definition) is 5. The summed E-state index contributed by atoms with van der Waals surface area (Å²) in [4.78, 5) is 30.2. The van der Waals surface area contributed by atoms with Crippen LogP contribution in [-0.4, -0.2) is 43.4 Å². The third-order valence-corrected chi connectivity index (χ3v) is 5.03. The molecule has 3 heterocycles. The fourth-order valence-electron chi connectivity index (χ4n) is 3.49. The second-order valence-electron chi connectivity index (χ2n) is 7.15. The van der Waals surface area contributed by atoms with Gasteiger partial charge in [0.2, 0.25) is 0 Å². The zero-order valence-corrected chi connectivity index (χ0v) is 17.8. The van der Waals surface area contributed by atoms with Crippen LogP contribution >= 0.6 is 0 Å². The third kappa shape index (κ3) is 3.77. The van der Waals surface area contributed by atoms with Gasteiger partial charge in [0.05, 0.1) is 28.2 Å². The molecule has 0 radical (unpaired) electrons. The molecule has 0 aliphatic carbocycles. The number of aromatic nitrogens is 5. The van der Waals surface area contributed by atoms with Crippen LogP contribution in [0.25, 0.3) is 22.2 Å². The number of hydrogen-bond donors (Lipinski definition) is 2. The fraction of sp³-hybridized carbons (Fsp3) is 0.227. The van der Waals surface area contributed by atoms with Crippen molar-refractivity contribution in [3.8, 4) is 11.3 Å². The smallest absolute Gasteiger partial charge is 0.273 e. The van der Waals surface area contributed by atoms with Gasteiger partial charge in [-0.25, -0.2) is 4.98 Å². The van der Waals surface area contributed by atoms with E-state index >= 15 is 0 Å². The van der Waals surface area contributed by atoms with Crippen LogP contribution in [0.3, 0.4) is 0 Å².